The van der Waals surface area contributed by atoms with E-state index in [1.165, 1.54) is 23.5 Å². The van der Waals surface area contributed by atoms with Gasteiger partial charge < -0.3 is 5.32 Å². The highest BCUT2D eigenvalue weighted by Crippen LogP contribution is 2.33. The largest absolute Gasteiger partial charge is 0.321 e. The van der Waals surface area contributed by atoms with Gasteiger partial charge in [-0.1, -0.05) is 18.2 Å². The first-order valence-corrected chi connectivity index (χ1v) is 10.3. The fourth-order valence-electron chi connectivity index (χ4n) is 3.74. The maximum atomic E-state index is 13.6. The molecule has 4 aromatic rings. The zero-order valence-electron chi connectivity index (χ0n) is 16.3. The Morgan fingerprint density at radius 1 is 0.935 bits per heavy atom. The molecule has 5 rings (SSSR count). The summed E-state index contributed by atoms with van der Waals surface area (Å²) < 4.78 is 14.4. The Bertz CT molecular complexity index is 1370. The van der Waals surface area contributed by atoms with E-state index in [2.05, 4.69) is 5.32 Å². The van der Waals surface area contributed by atoms with E-state index in [9.17, 15) is 18.8 Å². The van der Waals surface area contributed by atoms with Crippen molar-refractivity contribution in [1.82, 2.24) is 0 Å². The summed E-state index contributed by atoms with van der Waals surface area (Å²) in [5, 5.41) is 3.52. The minimum absolute atomic E-state index is 0.335. The third kappa shape index (κ3) is 3.10. The van der Waals surface area contributed by atoms with Crippen LogP contribution in [0.15, 0.2) is 66.7 Å². The second kappa shape index (κ2) is 7.14. The van der Waals surface area contributed by atoms with Crippen molar-refractivity contribution in [3.63, 3.8) is 0 Å². The molecule has 3 amide bonds. The van der Waals surface area contributed by atoms with Gasteiger partial charge >= 0.3 is 0 Å². The lowest BCUT2D eigenvalue weighted by Gasteiger charge is -2.15. The molecule has 31 heavy (non-hydrogen) atoms. The number of nitrogens with one attached hydrogen (secondary N) is 1. The molecule has 0 spiro atoms. The zero-order valence-corrected chi connectivity index (χ0v) is 17.1. The minimum Gasteiger partial charge on any atom is -0.321 e. The third-order valence-corrected chi connectivity index (χ3v) is 6.53. The summed E-state index contributed by atoms with van der Waals surface area (Å²) in [7, 11) is 0. The number of carbonyl (C=O) groups is 3. The fourth-order valence-corrected chi connectivity index (χ4v) is 4.83. The van der Waals surface area contributed by atoms with Crippen molar-refractivity contribution in [2.75, 3.05) is 10.2 Å². The first-order valence-electron chi connectivity index (χ1n) is 9.52. The number of imide groups is 1. The maximum absolute atomic E-state index is 13.6. The molecule has 0 aliphatic carbocycles. The molecular formula is C24H15FN2O3S. The summed E-state index contributed by atoms with van der Waals surface area (Å²) in [6.07, 6.45) is 0. The molecule has 1 aromatic heterocycles. The Balaban J connectivity index is 1.44. The smallest absolute Gasteiger partial charge is 0.266 e. The van der Waals surface area contributed by atoms with Crippen molar-refractivity contribution in [3.05, 3.63) is 94.1 Å². The first kappa shape index (κ1) is 19.1. The van der Waals surface area contributed by atoms with Gasteiger partial charge in [0.1, 0.15) is 5.82 Å². The van der Waals surface area contributed by atoms with E-state index in [0.29, 0.717) is 38.3 Å². The summed E-state index contributed by atoms with van der Waals surface area (Å²) in [5.74, 6) is -1.48. The topological polar surface area (TPSA) is 66.5 Å². The molecule has 0 atom stereocenters. The standard InChI is InChI=1S/C24H15FN2O3S/c1-13-19-11-14(25)9-10-20(19)31-21(13)22(28)26-15-5-4-6-16(12-15)27-23(29)17-7-2-3-8-18(17)24(27)30/h2-12H,1H3,(H,26,28). The summed E-state index contributed by atoms with van der Waals surface area (Å²) in [5.41, 5.74) is 2.24. The number of anilines is 2. The molecule has 1 aliphatic rings. The van der Waals surface area contributed by atoms with Crippen LogP contribution in [0.4, 0.5) is 15.8 Å². The van der Waals surface area contributed by atoms with Crippen molar-refractivity contribution in [1.29, 1.82) is 0 Å². The Hall–Kier alpha value is -3.84. The van der Waals surface area contributed by atoms with Gasteiger partial charge in [-0.05, 0) is 66.4 Å². The number of halogens is 1. The summed E-state index contributed by atoms with van der Waals surface area (Å²) in [6, 6.07) is 17.7. The van der Waals surface area contributed by atoms with Crippen molar-refractivity contribution >= 4 is 50.5 Å². The molecule has 5 nitrogen and oxygen atoms in total. The molecule has 7 heteroatoms. The van der Waals surface area contributed by atoms with Crippen molar-refractivity contribution in [2.45, 2.75) is 6.92 Å². The molecule has 0 fully saturated rings. The van der Waals surface area contributed by atoms with Gasteiger partial charge in [0.05, 0.1) is 21.7 Å². The van der Waals surface area contributed by atoms with Crippen LogP contribution in [0.25, 0.3) is 10.1 Å². The van der Waals surface area contributed by atoms with E-state index in [1.54, 1.807) is 61.5 Å². The summed E-state index contributed by atoms with van der Waals surface area (Å²) in [4.78, 5) is 39.9. The van der Waals surface area contributed by atoms with Crippen molar-refractivity contribution in [2.24, 2.45) is 0 Å². The number of hydrogen-bond donors (Lipinski definition) is 1. The number of amides is 3. The van der Waals surface area contributed by atoms with Crippen LogP contribution in [0, 0.1) is 12.7 Å². The highest BCUT2D eigenvalue weighted by atomic mass is 32.1. The molecule has 0 unspecified atom stereocenters. The van der Waals surface area contributed by atoms with Gasteiger partial charge in [0.15, 0.2) is 0 Å². The molecule has 3 aromatic carbocycles. The Kier molecular flexibility index (Phi) is 4.41. The van der Waals surface area contributed by atoms with Gasteiger partial charge in [0.2, 0.25) is 0 Å². The number of thiophene rings is 1. The molecule has 1 N–H and O–H groups in total. The maximum Gasteiger partial charge on any atom is 0.266 e. The number of benzene rings is 3. The number of fused-ring (bicyclic) bond motifs is 2. The molecule has 0 radical (unpaired) electrons. The SMILES string of the molecule is Cc1c(C(=O)Nc2cccc(N3C(=O)c4ccccc4C3=O)c2)sc2ccc(F)cc12. The van der Waals surface area contributed by atoms with Gasteiger partial charge in [0.25, 0.3) is 17.7 Å². The minimum atomic E-state index is -0.397. The highest BCUT2D eigenvalue weighted by Gasteiger charge is 2.36. The van der Waals surface area contributed by atoms with E-state index < -0.39 is 11.8 Å². The van der Waals surface area contributed by atoms with Gasteiger partial charge in [-0.3, -0.25) is 14.4 Å². The van der Waals surface area contributed by atoms with Crippen LogP contribution in [0.5, 0.6) is 0 Å². The fraction of sp³-hybridized carbons (Fsp3) is 0.0417. The van der Waals surface area contributed by atoms with E-state index in [-0.39, 0.29) is 11.7 Å². The Labute approximate surface area is 180 Å². The molecule has 0 bridgehead atoms. The van der Waals surface area contributed by atoms with Crippen LogP contribution in [0.1, 0.15) is 36.0 Å². The number of rotatable bonds is 3. The number of nitrogens with zero attached hydrogens (tertiary/aromatic N) is 1. The van der Waals surface area contributed by atoms with Gasteiger partial charge in [-0.2, -0.15) is 0 Å². The van der Waals surface area contributed by atoms with Crippen LogP contribution < -0.4 is 10.2 Å². The Morgan fingerprint density at radius 3 is 2.35 bits per heavy atom. The monoisotopic (exact) mass is 430 g/mol. The van der Waals surface area contributed by atoms with E-state index in [1.807, 2.05) is 0 Å². The second-order valence-electron chi connectivity index (χ2n) is 7.19. The van der Waals surface area contributed by atoms with Crippen LogP contribution >= 0.6 is 11.3 Å². The highest BCUT2D eigenvalue weighted by molar-refractivity contribution is 7.21. The van der Waals surface area contributed by atoms with E-state index >= 15 is 0 Å². The lowest BCUT2D eigenvalue weighted by Crippen LogP contribution is -2.29. The molecule has 0 saturated carbocycles. The van der Waals surface area contributed by atoms with Crippen molar-refractivity contribution < 1.29 is 18.8 Å². The first-order chi connectivity index (χ1) is 14.9. The number of hydrogen-bond acceptors (Lipinski definition) is 4. The van der Waals surface area contributed by atoms with Crippen molar-refractivity contribution in [3.8, 4) is 0 Å². The lowest BCUT2D eigenvalue weighted by atomic mass is 10.1. The van der Waals surface area contributed by atoms with Gasteiger partial charge in [-0.15, -0.1) is 11.3 Å². The Morgan fingerprint density at radius 2 is 1.65 bits per heavy atom. The molecule has 2 heterocycles. The molecule has 1 aliphatic heterocycles. The van der Waals surface area contributed by atoms with Crippen LogP contribution in [-0.4, -0.2) is 17.7 Å². The van der Waals surface area contributed by atoms with Crippen LogP contribution in [0.2, 0.25) is 0 Å². The second-order valence-corrected chi connectivity index (χ2v) is 8.24. The predicted octanol–water partition coefficient (Wildman–Crippen LogP) is 5.40. The van der Waals surface area contributed by atoms with Crippen LogP contribution in [0.3, 0.4) is 0 Å². The summed E-state index contributed by atoms with van der Waals surface area (Å²) in [6.45, 7) is 1.78. The third-order valence-electron chi connectivity index (χ3n) is 5.26. The summed E-state index contributed by atoms with van der Waals surface area (Å²) >= 11 is 1.28. The van der Waals surface area contributed by atoms with E-state index in [4.69, 9.17) is 0 Å². The zero-order chi connectivity index (χ0) is 21.7. The van der Waals surface area contributed by atoms with Gasteiger partial charge in [-0.25, -0.2) is 9.29 Å². The average molecular weight is 430 g/mol. The quantitative estimate of drug-likeness (QED) is 0.443. The van der Waals surface area contributed by atoms with Crippen LogP contribution in [-0.2, 0) is 0 Å². The normalized spacial score (nSPS) is 13.0. The number of aryl methyl sites for hydroxylation is 1. The predicted molar refractivity (Wildman–Crippen MR) is 118 cm³/mol. The molecule has 152 valence electrons. The lowest BCUT2D eigenvalue weighted by molar-refractivity contribution is 0.0925. The van der Waals surface area contributed by atoms with Gasteiger partial charge in [0, 0.05) is 10.4 Å². The number of carbonyl (C=O) groups excluding carboxylic acids is 3. The molecule has 0 saturated heterocycles. The average Bonchev–Trinajstić information content (AvgIpc) is 3.22. The van der Waals surface area contributed by atoms with E-state index in [0.717, 1.165) is 9.60 Å². The molecular weight excluding hydrogens is 415 g/mol.